The number of carbonyl (C=O) groups excluding carboxylic acids is 1. The Balaban J connectivity index is 1.90. The van der Waals surface area contributed by atoms with Gasteiger partial charge >= 0.3 is 6.18 Å². The smallest absolute Gasteiger partial charge is 0.399 e. The standard InChI is InChI=1S/C19H18ClF4N5O/c1-10-17(25)14(29(26)15-9-11(21)5-7-27-15)6-8-28(10)18(30)12-3-2-4-13(16(12)20)19(22,23)24/h2-5,7,9-10H,6,8,25-26H2,1H3. The minimum atomic E-state index is -4.69. The Labute approximate surface area is 174 Å². The van der Waals surface area contributed by atoms with Crippen LogP contribution in [0.15, 0.2) is 47.9 Å². The molecule has 2 aromatic rings. The zero-order valence-electron chi connectivity index (χ0n) is 15.8. The summed E-state index contributed by atoms with van der Waals surface area (Å²) in [7, 11) is 0. The van der Waals surface area contributed by atoms with Crippen molar-refractivity contribution in [3.05, 3.63) is 69.9 Å². The van der Waals surface area contributed by atoms with Crippen LogP contribution in [0.5, 0.6) is 0 Å². The number of anilines is 1. The van der Waals surface area contributed by atoms with Crippen molar-refractivity contribution in [3.63, 3.8) is 0 Å². The molecular formula is C19H18ClF4N5O. The number of benzene rings is 1. The van der Waals surface area contributed by atoms with Gasteiger partial charge in [-0.2, -0.15) is 13.2 Å². The van der Waals surface area contributed by atoms with Gasteiger partial charge in [0.2, 0.25) is 0 Å². The molecule has 0 radical (unpaired) electrons. The van der Waals surface area contributed by atoms with E-state index in [9.17, 15) is 22.4 Å². The zero-order valence-corrected chi connectivity index (χ0v) is 16.5. The zero-order chi connectivity index (χ0) is 22.2. The number of halogens is 5. The fraction of sp³-hybridized carbons (Fsp3) is 0.263. The predicted molar refractivity (Wildman–Crippen MR) is 104 cm³/mol. The maximum Gasteiger partial charge on any atom is 0.417 e. The van der Waals surface area contributed by atoms with E-state index in [-0.39, 0.29) is 30.0 Å². The average molecular weight is 444 g/mol. The van der Waals surface area contributed by atoms with Crippen LogP contribution in [0, 0.1) is 5.82 Å². The quantitative estimate of drug-likeness (QED) is 0.429. The summed E-state index contributed by atoms with van der Waals surface area (Å²) in [6.45, 7) is 1.73. The number of hydrogen-bond donors (Lipinski definition) is 2. The summed E-state index contributed by atoms with van der Waals surface area (Å²) in [4.78, 5) is 18.2. The molecule has 2 heterocycles. The molecule has 0 spiro atoms. The number of hydrazine groups is 1. The van der Waals surface area contributed by atoms with Crippen LogP contribution in [-0.2, 0) is 6.18 Å². The maximum absolute atomic E-state index is 13.5. The lowest BCUT2D eigenvalue weighted by molar-refractivity contribution is -0.137. The Bertz CT molecular complexity index is 1010. The van der Waals surface area contributed by atoms with E-state index in [1.165, 1.54) is 17.2 Å². The molecular weight excluding hydrogens is 426 g/mol. The highest BCUT2D eigenvalue weighted by Gasteiger charge is 2.37. The van der Waals surface area contributed by atoms with Gasteiger partial charge in [-0.3, -0.25) is 9.80 Å². The van der Waals surface area contributed by atoms with Crippen LogP contribution in [0.3, 0.4) is 0 Å². The Kier molecular flexibility index (Phi) is 5.91. The SMILES string of the molecule is CC1C(N)=C(N(N)c2cc(F)ccn2)CCN1C(=O)c1cccc(C(F)(F)F)c1Cl. The molecule has 1 unspecified atom stereocenters. The van der Waals surface area contributed by atoms with Crippen LogP contribution >= 0.6 is 11.6 Å². The predicted octanol–water partition coefficient (Wildman–Crippen LogP) is 3.68. The third-order valence-corrected chi connectivity index (χ3v) is 5.29. The molecule has 6 nitrogen and oxygen atoms in total. The molecule has 11 heteroatoms. The van der Waals surface area contributed by atoms with Crippen molar-refractivity contribution < 1.29 is 22.4 Å². The van der Waals surface area contributed by atoms with Gasteiger partial charge in [0.25, 0.3) is 5.91 Å². The highest BCUT2D eigenvalue weighted by molar-refractivity contribution is 6.34. The van der Waals surface area contributed by atoms with E-state index in [1.807, 2.05) is 0 Å². The molecule has 1 aromatic carbocycles. The minimum absolute atomic E-state index is 0.117. The summed E-state index contributed by atoms with van der Waals surface area (Å²) in [5, 5.41) is 0.466. The number of rotatable bonds is 3. The molecule has 0 saturated heterocycles. The number of carbonyl (C=O) groups is 1. The van der Waals surface area contributed by atoms with Crippen LogP contribution in [0.1, 0.15) is 29.3 Å². The molecule has 0 bridgehead atoms. The lowest BCUT2D eigenvalue weighted by atomic mass is 10.0. The van der Waals surface area contributed by atoms with Crippen molar-refractivity contribution in [2.45, 2.75) is 25.6 Å². The summed E-state index contributed by atoms with van der Waals surface area (Å²) in [6.07, 6.45) is -3.25. The molecule has 0 saturated carbocycles. The molecule has 0 aliphatic carbocycles. The van der Waals surface area contributed by atoms with Crippen LogP contribution in [0.25, 0.3) is 0 Å². The Morgan fingerprint density at radius 3 is 2.67 bits per heavy atom. The number of hydrogen-bond acceptors (Lipinski definition) is 5. The molecule has 4 N–H and O–H groups in total. The molecule has 1 aliphatic rings. The van der Waals surface area contributed by atoms with Crippen molar-refractivity contribution in [1.29, 1.82) is 0 Å². The minimum Gasteiger partial charge on any atom is -0.399 e. The summed E-state index contributed by atoms with van der Waals surface area (Å²) < 4.78 is 52.8. The summed E-state index contributed by atoms with van der Waals surface area (Å²) in [5.41, 5.74) is 5.46. The van der Waals surface area contributed by atoms with E-state index < -0.39 is 34.5 Å². The molecule has 1 amide bonds. The van der Waals surface area contributed by atoms with Gasteiger partial charge in [-0.05, 0) is 25.1 Å². The van der Waals surface area contributed by atoms with Crippen molar-refractivity contribution in [3.8, 4) is 0 Å². The normalized spacial score (nSPS) is 17.3. The summed E-state index contributed by atoms with van der Waals surface area (Å²) >= 11 is 5.88. The third kappa shape index (κ3) is 4.05. The first-order valence-corrected chi connectivity index (χ1v) is 9.21. The average Bonchev–Trinajstić information content (AvgIpc) is 2.68. The number of pyridine rings is 1. The van der Waals surface area contributed by atoms with Gasteiger partial charge in [-0.25, -0.2) is 15.2 Å². The second kappa shape index (κ2) is 8.11. The van der Waals surface area contributed by atoms with Gasteiger partial charge in [-0.15, -0.1) is 0 Å². The fourth-order valence-electron chi connectivity index (χ4n) is 3.24. The van der Waals surface area contributed by atoms with Crippen LogP contribution in [0.2, 0.25) is 5.02 Å². The summed E-state index contributed by atoms with van der Waals surface area (Å²) in [5.74, 6) is 4.94. The molecule has 160 valence electrons. The van der Waals surface area contributed by atoms with Gasteiger partial charge in [0.05, 0.1) is 33.6 Å². The fourth-order valence-corrected chi connectivity index (χ4v) is 3.56. The molecule has 1 aliphatic heterocycles. The molecule has 1 atom stereocenters. The summed E-state index contributed by atoms with van der Waals surface area (Å²) in [6, 6.07) is 4.77. The van der Waals surface area contributed by atoms with Crippen LogP contribution in [-0.4, -0.2) is 28.4 Å². The first kappa shape index (κ1) is 21.8. The van der Waals surface area contributed by atoms with Crippen LogP contribution in [0.4, 0.5) is 23.4 Å². The van der Waals surface area contributed by atoms with E-state index >= 15 is 0 Å². The van der Waals surface area contributed by atoms with E-state index in [4.69, 9.17) is 23.2 Å². The van der Waals surface area contributed by atoms with E-state index in [1.54, 1.807) is 6.92 Å². The van der Waals surface area contributed by atoms with E-state index in [0.717, 1.165) is 29.3 Å². The lowest BCUT2D eigenvalue weighted by Gasteiger charge is -2.38. The first-order valence-electron chi connectivity index (χ1n) is 8.84. The lowest BCUT2D eigenvalue weighted by Crippen LogP contribution is -2.49. The highest BCUT2D eigenvalue weighted by Crippen LogP contribution is 2.37. The third-order valence-electron chi connectivity index (χ3n) is 4.88. The van der Waals surface area contributed by atoms with Gasteiger partial charge < -0.3 is 10.6 Å². The number of amides is 1. The topological polar surface area (TPSA) is 88.5 Å². The number of nitrogens with zero attached hydrogens (tertiary/aromatic N) is 3. The van der Waals surface area contributed by atoms with Gasteiger partial charge in [0.1, 0.15) is 11.6 Å². The van der Waals surface area contributed by atoms with E-state index in [2.05, 4.69) is 4.98 Å². The van der Waals surface area contributed by atoms with Crippen molar-refractivity contribution >= 4 is 23.3 Å². The number of alkyl halides is 3. The van der Waals surface area contributed by atoms with Crippen molar-refractivity contribution in [2.24, 2.45) is 11.6 Å². The van der Waals surface area contributed by atoms with Crippen LogP contribution < -0.4 is 16.6 Å². The largest absolute Gasteiger partial charge is 0.417 e. The Morgan fingerprint density at radius 1 is 1.33 bits per heavy atom. The number of aromatic nitrogens is 1. The monoisotopic (exact) mass is 443 g/mol. The molecule has 3 rings (SSSR count). The van der Waals surface area contributed by atoms with Gasteiger partial charge in [-0.1, -0.05) is 17.7 Å². The second-order valence-corrected chi connectivity index (χ2v) is 7.07. The van der Waals surface area contributed by atoms with Gasteiger partial charge in [0.15, 0.2) is 0 Å². The maximum atomic E-state index is 13.5. The highest BCUT2D eigenvalue weighted by atomic mass is 35.5. The Morgan fingerprint density at radius 2 is 2.03 bits per heavy atom. The van der Waals surface area contributed by atoms with E-state index in [0.29, 0.717) is 5.70 Å². The molecule has 1 aromatic heterocycles. The number of nitrogens with two attached hydrogens (primary N) is 2. The Hall–Kier alpha value is -2.85. The second-order valence-electron chi connectivity index (χ2n) is 6.69. The molecule has 0 fully saturated rings. The first-order chi connectivity index (χ1) is 14.0. The van der Waals surface area contributed by atoms with Crippen molar-refractivity contribution in [2.75, 3.05) is 11.6 Å². The molecule has 30 heavy (non-hydrogen) atoms. The van der Waals surface area contributed by atoms with Gasteiger partial charge in [0, 0.05) is 25.2 Å². The van der Waals surface area contributed by atoms with Crippen molar-refractivity contribution in [1.82, 2.24) is 9.88 Å².